The number of carbonyl (C=O) groups is 4. The average Bonchev–Trinajstić information content (AvgIpc) is 0.908. The fourth-order valence-corrected chi connectivity index (χ4v) is 14.5. The van der Waals surface area contributed by atoms with Crippen molar-refractivity contribution in [1.29, 1.82) is 0 Å². The zero-order valence-corrected chi connectivity index (χ0v) is 68.7. The van der Waals surface area contributed by atoms with E-state index in [4.69, 9.17) is 37.0 Å². The molecule has 0 heterocycles. The van der Waals surface area contributed by atoms with Crippen molar-refractivity contribution < 1.29 is 80.2 Å². The van der Waals surface area contributed by atoms with Crippen molar-refractivity contribution in [1.82, 2.24) is 0 Å². The number of hydrogen-bond donors (Lipinski definition) is 3. The van der Waals surface area contributed by atoms with Crippen molar-refractivity contribution in [2.45, 2.75) is 458 Å². The summed E-state index contributed by atoms with van der Waals surface area (Å²) in [6, 6.07) is 0. The number of aliphatic hydroxyl groups excluding tert-OH is 1. The number of aliphatic hydroxyl groups is 1. The zero-order valence-electron chi connectivity index (χ0n) is 66.9. The molecule has 0 radical (unpaired) electrons. The van der Waals surface area contributed by atoms with Crippen LogP contribution in [0.1, 0.15) is 440 Å². The van der Waals surface area contributed by atoms with Crippen LogP contribution in [0, 0.1) is 11.8 Å². The van der Waals surface area contributed by atoms with Crippen LogP contribution in [0.3, 0.4) is 0 Å². The molecule has 2 unspecified atom stereocenters. The third-order valence-electron chi connectivity index (χ3n) is 19.5. The summed E-state index contributed by atoms with van der Waals surface area (Å²) in [7, 11) is -9.92. The van der Waals surface area contributed by atoms with E-state index in [1.165, 1.54) is 250 Å². The molecule has 606 valence electrons. The molecule has 0 aliphatic rings. The Morgan fingerprint density at radius 2 is 0.451 bits per heavy atom. The smallest absolute Gasteiger partial charge is 0.462 e. The van der Waals surface area contributed by atoms with Crippen LogP contribution in [0.4, 0.5) is 0 Å². The van der Waals surface area contributed by atoms with Gasteiger partial charge in [-0.05, 0) is 37.5 Å². The largest absolute Gasteiger partial charge is 0.472 e. The predicted octanol–water partition coefficient (Wildman–Crippen LogP) is 25.1. The summed E-state index contributed by atoms with van der Waals surface area (Å²) < 4.78 is 68.8. The van der Waals surface area contributed by atoms with Crippen LogP contribution in [-0.2, 0) is 65.4 Å². The number of esters is 4. The van der Waals surface area contributed by atoms with E-state index < -0.39 is 97.5 Å². The van der Waals surface area contributed by atoms with Crippen LogP contribution in [-0.4, -0.2) is 96.7 Å². The Balaban J connectivity index is 5.24. The molecule has 3 N–H and O–H groups in total. The lowest BCUT2D eigenvalue weighted by Crippen LogP contribution is -2.30. The van der Waals surface area contributed by atoms with Gasteiger partial charge < -0.3 is 33.8 Å². The highest BCUT2D eigenvalue weighted by atomic mass is 31.2. The highest BCUT2D eigenvalue weighted by Crippen LogP contribution is 2.45. The van der Waals surface area contributed by atoms with Crippen molar-refractivity contribution in [3.8, 4) is 0 Å². The molecule has 0 bridgehead atoms. The summed E-state index contributed by atoms with van der Waals surface area (Å²) >= 11 is 0. The molecule has 0 saturated carbocycles. The number of carbonyl (C=O) groups excluding carboxylic acids is 4. The monoisotopic (exact) mass is 1490 g/mol. The Morgan fingerprint density at radius 3 is 0.667 bits per heavy atom. The van der Waals surface area contributed by atoms with Gasteiger partial charge in [0.1, 0.15) is 19.3 Å². The van der Waals surface area contributed by atoms with Crippen LogP contribution in [0.2, 0.25) is 0 Å². The number of unbranched alkanes of at least 4 members (excludes halogenated alkanes) is 52. The summed E-state index contributed by atoms with van der Waals surface area (Å²) in [5.74, 6) is -0.598. The molecule has 0 fully saturated rings. The molecule has 0 aromatic heterocycles. The fraction of sp³-hybridized carbons (Fsp3) is 0.952. The molecule has 0 aromatic carbocycles. The zero-order chi connectivity index (χ0) is 74.9. The molecule has 0 aliphatic heterocycles. The van der Waals surface area contributed by atoms with Gasteiger partial charge in [-0.3, -0.25) is 37.3 Å². The minimum absolute atomic E-state index is 0.108. The summed E-state index contributed by atoms with van der Waals surface area (Å²) in [5.41, 5.74) is 0. The normalized spacial score (nSPS) is 13.9. The van der Waals surface area contributed by atoms with Crippen molar-refractivity contribution in [2.75, 3.05) is 39.6 Å². The van der Waals surface area contributed by atoms with Gasteiger partial charge in [-0.15, -0.1) is 0 Å². The molecule has 0 spiro atoms. The standard InChI is InChI=1S/C83H162O17P2/c1-7-9-11-13-15-17-19-21-23-25-26-30-33-37-41-47-53-59-65-80(85)93-71-78(99-82(87)67-62-56-49-43-39-35-31-27-28-32-36-40-45-51-57-63-75(3)4)73-97-101(89,90)95-69-77(84)70-96-102(91,92)98-74-79(72-94-81(86)66-60-54-50-44-46-52-58-64-76(5)6)100-83(88)68-61-55-48-42-38-34-29-24-22-20-18-16-14-12-10-8-2/h75-79,84H,7-74H2,1-6H3,(H,89,90)(H,91,92)/t77-,78-,79-/m1/s1. The Bertz CT molecular complexity index is 1960. The number of phosphoric acid groups is 2. The first-order chi connectivity index (χ1) is 49.4. The quantitative estimate of drug-likeness (QED) is 0.0222. The summed E-state index contributed by atoms with van der Waals surface area (Å²) in [4.78, 5) is 73.1. The van der Waals surface area contributed by atoms with E-state index in [1.54, 1.807) is 0 Å². The Hall–Kier alpha value is -1.94. The second kappa shape index (κ2) is 74.5. The van der Waals surface area contributed by atoms with Crippen LogP contribution in [0.15, 0.2) is 0 Å². The highest BCUT2D eigenvalue weighted by molar-refractivity contribution is 7.47. The maximum absolute atomic E-state index is 13.1. The van der Waals surface area contributed by atoms with Gasteiger partial charge in [0.2, 0.25) is 0 Å². The Kier molecular flexibility index (Phi) is 73.1. The lowest BCUT2D eigenvalue weighted by molar-refractivity contribution is -0.161. The highest BCUT2D eigenvalue weighted by Gasteiger charge is 2.30. The van der Waals surface area contributed by atoms with Gasteiger partial charge in [-0.25, -0.2) is 9.13 Å². The number of rotatable bonds is 82. The maximum Gasteiger partial charge on any atom is 0.472 e. The molecule has 0 aromatic rings. The molecule has 0 saturated heterocycles. The van der Waals surface area contributed by atoms with Crippen molar-refractivity contribution in [3.05, 3.63) is 0 Å². The van der Waals surface area contributed by atoms with Gasteiger partial charge in [0.05, 0.1) is 26.4 Å². The third-order valence-corrected chi connectivity index (χ3v) is 21.4. The molecule has 0 rings (SSSR count). The first-order valence-electron chi connectivity index (χ1n) is 43.0. The van der Waals surface area contributed by atoms with Gasteiger partial charge >= 0.3 is 39.5 Å². The predicted molar refractivity (Wildman–Crippen MR) is 418 cm³/mol. The molecule has 5 atom stereocenters. The van der Waals surface area contributed by atoms with Crippen molar-refractivity contribution in [3.63, 3.8) is 0 Å². The summed E-state index contributed by atoms with van der Waals surface area (Å²) in [6.07, 6.45) is 65.3. The molecule has 0 amide bonds. The van der Waals surface area contributed by atoms with E-state index in [0.29, 0.717) is 31.6 Å². The first-order valence-corrected chi connectivity index (χ1v) is 46.0. The Morgan fingerprint density at radius 1 is 0.265 bits per heavy atom. The first kappa shape index (κ1) is 100. The second-order valence-electron chi connectivity index (χ2n) is 30.8. The Labute approximate surface area is 626 Å². The van der Waals surface area contributed by atoms with Gasteiger partial charge in [-0.2, -0.15) is 0 Å². The summed E-state index contributed by atoms with van der Waals surface area (Å²) in [6.45, 7) is 9.63. The van der Waals surface area contributed by atoms with Crippen molar-refractivity contribution >= 4 is 39.5 Å². The van der Waals surface area contributed by atoms with Gasteiger partial charge in [0, 0.05) is 25.7 Å². The van der Waals surface area contributed by atoms with E-state index in [0.717, 1.165) is 102 Å². The van der Waals surface area contributed by atoms with Crippen LogP contribution >= 0.6 is 15.6 Å². The van der Waals surface area contributed by atoms with E-state index in [-0.39, 0.29) is 25.7 Å². The third kappa shape index (κ3) is 76.3. The van der Waals surface area contributed by atoms with Gasteiger partial charge in [0.15, 0.2) is 12.2 Å². The topological polar surface area (TPSA) is 237 Å². The van der Waals surface area contributed by atoms with Crippen molar-refractivity contribution in [2.24, 2.45) is 11.8 Å². The number of phosphoric ester groups is 2. The minimum atomic E-state index is -4.96. The lowest BCUT2D eigenvalue weighted by atomic mass is 10.0. The van der Waals surface area contributed by atoms with E-state index in [2.05, 4.69) is 41.5 Å². The number of hydrogen-bond acceptors (Lipinski definition) is 15. The van der Waals surface area contributed by atoms with E-state index >= 15 is 0 Å². The molecular formula is C83H162O17P2. The minimum Gasteiger partial charge on any atom is -0.462 e. The SMILES string of the molecule is CCCCCCCCCCCCCCCCCCCCC(=O)OC[C@H](COP(=O)(O)OC[C@@H](O)COP(=O)(O)OC[C@@H](COC(=O)CCCCCCCCCC(C)C)OC(=O)CCCCCCCCCCCCCCCCCC)OC(=O)CCCCCCCCCCCCCCCCCC(C)C. The molecule has 102 heavy (non-hydrogen) atoms. The van der Waals surface area contributed by atoms with E-state index in [1.807, 2.05) is 0 Å². The molecule has 19 heteroatoms. The molecule has 0 aliphatic carbocycles. The summed E-state index contributed by atoms with van der Waals surface area (Å²) in [5, 5.41) is 10.7. The number of ether oxygens (including phenoxy) is 4. The lowest BCUT2D eigenvalue weighted by Gasteiger charge is -2.21. The van der Waals surface area contributed by atoms with Gasteiger partial charge in [0.25, 0.3) is 0 Å². The van der Waals surface area contributed by atoms with E-state index in [9.17, 15) is 43.2 Å². The van der Waals surface area contributed by atoms with Crippen LogP contribution < -0.4 is 0 Å². The maximum atomic E-state index is 13.1. The van der Waals surface area contributed by atoms with Crippen LogP contribution in [0.25, 0.3) is 0 Å². The van der Waals surface area contributed by atoms with Crippen LogP contribution in [0.5, 0.6) is 0 Å². The van der Waals surface area contributed by atoms with Gasteiger partial charge in [-0.1, -0.05) is 388 Å². The average molecular weight is 1490 g/mol. The molecule has 17 nitrogen and oxygen atoms in total. The second-order valence-corrected chi connectivity index (χ2v) is 33.7. The molecular weight excluding hydrogens is 1330 g/mol. The fourth-order valence-electron chi connectivity index (χ4n) is 12.9.